The first kappa shape index (κ1) is 21.3. The van der Waals surface area contributed by atoms with E-state index in [4.69, 9.17) is 26.1 Å². The monoisotopic (exact) mass is 437 g/mol. The average molecular weight is 438 g/mol. The predicted octanol–water partition coefficient (Wildman–Crippen LogP) is 5.01. The molecule has 0 radical (unpaired) electrons. The first-order valence-electron chi connectivity index (χ1n) is 10.1. The number of carbonyl (C=O) groups excluding carboxylic acids is 2. The molecule has 1 heterocycles. The lowest BCUT2D eigenvalue weighted by Gasteiger charge is -2.41. The lowest BCUT2D eigenvalue weighted by molar-refractivity contribution is -0.170. The molecule has 4 rings (SSSR count). The maximum absolute atomic E-state index is 13.4. The zero-order valence-electron chi connectivity index (χ0n) is 17.7. The highest BCUT2D eigenvalue weighted by molar-refractivity contribution is 6.31. The van der Waals surface area contributed by atoms with E-state index >= 15 is 0 Å². The fraction of sp³-hybridized carbons (Fsp3) is 0.320. The van der Waals surface area contributed by atoms with E-state index in [1.807, 2.05) is 49.4 Å². The molecule has 2 aromatic rings. The molecule has 0 unspecified atom stereocenters. The van der Waals surface area contributed by atoms with Gasteiger partial charge in [0.15, 0.2) is 5.41 Å². The molecular weight excluding hydrogens is 414 g/mol. The Labute approximate surface area is 186 Å². The molecule has 1 saturated carbocycles. The lowest BCUT2D eigenvalue weighted by atomic mass is 9.59. The van der Waals surface area contributed by atoms with Crippen LogP contribution >= 0.6 is 11.6 Å². The van der Waals surface area contributed by atoms with Crippen molar-refractivity contribution in [3.8, 4) is 0 Å². The number of hydrogen-bond donors (Lipinski definition) is 0. The Balaban J connectivity index is 2.14. The van der Waals surface area contributed by atoms with Crippen LogP contribution in [0.4, 0.5) is 5.69 Å². The summed E-state index contributed by atoms with van der Waals surface area (Å²) in [5.74, 6) is -2.15. The summed E-state index contributed by atoms with van der Waals surface area (Å²) in [6, 6.07) is 15.1. The van der Waals surface area contributed by atoms with Gasteiger partial charge in [-0.05, 0) is 48.6 Å². The Morgan fingerprint density at radius 2 is 1.77 bits per heavy atom. The summed E-state index contributed by atoms with van der Waals surface area (Å²) < 4.78 is 10.4. The number of carbonyl (C=O) groups is 2. The summed E-state index contributed by atoms with van der Waals surface area (Å²) in [6.07, 6.45) is 1.99. The second kappa shape index (κ2) is 7.65. The minimum Gasteiger partial charge on any atom is -0.468 e. The van der Waals surface area contributed by atoms with E-state index in [1.54, 1.807) is 12.1 Å². The fourth-order valence-corrected chi connectivity index (χ4v) is 5.95. The normalized spacial score (nSPS) is 25.6. The maximum Gasteiger partial charge on any atom is 0.323 e. The SMILES string of the molecule is C=C[C@H]1CC(C(=O)OC)(C(=O)OC)[C@@H](c2ccccc2)[C@]12C(C)=Nc1ccc(Cl)cc12. The summed E-state index contributed by atoms with van der Waals surface area (Å²) in [4.78, 5) is 31.6. The number of esters is 2. The van der Waals surface area contributed by atoms with Crippen molar-refractivity contribution in [3.05, 3.63) is 77.3 Å². The summed E-state index contributed by atoms with van der Waals surface area (Å²) in [6.45, 7) is 6.00. The van der Waals surface area contributed by atoms with Crippen LogP contribution < -0.4 is 0 Å². The summed E-state index contributed by atoms with van der Waals surface area (Å²) in [5.41, 5.74) is 0.922. The van der Waals surface area contributed by atoms with Gasteiger partial charge in [-0.1, -0.05) is 48.0 Å². The number of ether oxygens (including phenoxy) is 2. The van der Waals surface area contributed by atoms with Gasteiger partial charge >= 0.3 is 11.9 Å². The summed E-state index contributed by atoms with van der Waals surface area (Å²) in [5, 5.41) is 0.561. The topological polar surface area (TPSA) is 65.0 Å². The van der Waals surface area contributed by atoms with E-state index in [2.05, 4.69) is 6.58 Å². The zero-order valence-corrected chi connectivity index (χ0v) is 18.5. The molecule has 0 saturated heterocycles. The highest BCUT2D eigenvalue weighted by atomic mass is 35.5. The average Bonchev–Trinajstić information content (AvgIpc) is 3.26. The Morgan fingerprint density at radius 3 is 2.35 bits per heavy atom. The molecule has 1 aliphatic carbocycles. The van der Waals surface area contributed by atoms with E-state index in [1.165, 1.54) is 14.2 Å². The molecule has 0 N–H and O–H groups in total. The van der Waals surface area contributed by atoms with Crippen molar-refractivity contribution in [1.29, 1.82) is 0 Å². The molecule has 0 aromatic heterocycles. The van der Waals surface area contributed by atoms with Gasteiger partial charge in [0.25, 0.3) is 0 Å². The molecule has 0 amide bonds. The van der Waals surface area contributed by atoms with E-state index < -0.39 is 28.7 Å². The van der Waals surface area contributed by atoms with Crippen molar-refractivity contribution < 1.29 is 19.1 Å². The quantitative estimate of drug-likeness (QED) is 0.383. The van der Waals surface area contributed by atoms with Crippen LogP contribution in [-0.4, -0.2) is 31.9 Å². The third-order valence-electron chi connectivity index (χ3n) is 6.88. The fourth-order valence-electron chi connectivity index (χ4n) is 5.78. The van der Waals surface area contributed by atoms with E-state index in [9.17, 15) is 9.59 Å². The molecular formula is C25H24ClNO4. The molecule has 160 valence electrons. The molecule has 1 fully saturated rings. The molecule has 5 nitrogen and oxygen atoms in total. The van der Waals surface area contributed by atoms with Crippen LogP contribution in [0.25, 0.3) is 0 Å². The number of halogens is 1. The van der Waals surface area contributed by atoms with Crippen LogP contribution in [0.2, 0.25) is 5.02 Å². The van der Waals surface area contributed by atoms with Gasteiger partial charge in [-0.25, -0.2) is 0 Å². The van der Waals surface area contributed by atoms with Gasteiger partial charge in [0.2, 0.25) is 0 Å². The number of methoxy groups -OCH3 is 2. The van der Waals surface area contributed by atoms with Crippen LogP contribution in [-0.2, 0) is 24.5 Å². The minimum atomic E-state index is -1.57. The second-order valence-corrected chi connectivity index (χ2v) is 8.51. The van der Waals surface area contributed by atoms with Gasteiger partial charge in [-0.15, -0.1) is 6.58 Å². The number of fused-ring (bicyclic) bond motifs is 2. The van der Waals surface area contributed by atoms with Crippen LogP contribution in [0, 0.1) is 11.3 Å². The number of hydrogen-bond acceptors (Lipinski definition) is 5. The van der Waals surface area contributed by atoms with Gasteiger partial charge in [0, 0.05) is 16.7 Å². The van der Waals surface area contributed by atoms with Gasteiger partial charge in [-0.2, -0.15) is 0 Å². The predicted molar refractivity (Wildman–Crippen MR) is 120 cm³/mol. The van der Waals surface area contributed by atoms with Crippen LogP contribution in [0.5, 0.6) is 0 Å². The number of nitrogens with zero attached hydrogens (tertiary/aromatic N) is 1. The summed E-state index contributed by atoms with van der Waals surface area (Å²) in [7, 11) is 2.59. The smallest absolute Gasteiger partial charge is 0.323 e. The molecule has 1 aliphatic heterocycles. The van der Waals surface area contributed by atoms with Crippen molar-refractivity contribution in [2.75, 3.05) is 14.2 Å². The van der Waals surface area contributed by atoms with E-state index in [-0.39, 0.29) is 12.3 Å². The van der Waals surface area contributed by atoms with Crippen LogP contribution in [0.3, 0.4) is 0 Å². The molecule has 31 heavy (non-hydrogen) atoms. The van der Waals surface area contributed by atoms with Gasteiger partial charge in [0.05, 0.1) is 25.3 Å². The number of aliphatic imine (C=N–C) groups is 1. The van der Waals surface area contributed by atoms with E-state index in [0.717, 1.165) is 22.5 Å². The van der Waals surface area contributed by atoms with Gasteiger partial charge < -0.3 is 9.47 Å². The molecule has 2 aromatic carbocycles. The number of rotatable bonds is 4. The van der Waals surface area contributed by atoms with Gasteiger partial charge in [-0.3, -0.25) is 14.6 Å². The lowest BCUT2D eigenvalue weighted by Crippen LogP contribution is -2.49. The Hall–Kier alpha value is -2.92. The third-order valence-corrected chi connectivity index (χ3v) is 7.12. The highest BCUT2D eigenvalue weighted by Crippen LogP contribution is 2.68. The van der Waals surface area contributed by atoms with Crippen molar-refractivity contribution in [1.82, 2.24) is 0 Å². The van der Waals surface area contributed by atoms with Crippen molar-refractivity contribution >= 4 is 34.9 Å². The van der Waals surface area contributed by atoms with Crippen LogP contribution in [0.15, 0.2) is 66.2 Å². The molecule has 2 aliphatic rings. The molecule has 3 atom stereocenters. The Morgan fingerprint density at radius 1 is 1.13 bits per heavy atom. The van der Waals surface area contributed by atoms with Gasteiger partial charge in [0.1, 0.15) is 0 Å². The van der Waals surface area contributed by atoms with Crippen molar-refractivity contribution in [2.45, 2.75) is 24.7 Å². The molecule has 6 heteroatoms. The zero-order chi connectivity index (χ0) is 22.4. The first-order chi connectivity index (χ1) is 14.9. The highest BCUT2D eigenvalue weighted by Gasteiger charge is 2.72. The Kier molecular flexibility index (Phi) is 5.26. The van der Waals surface area contributed by atoms with E-state index in [0.29, 0.717) is 5.02 Å². The van der Waals surface area contributed by atoms with Crippen molar-refractivity contribution in [3.63, 3.8) is 0 Å². The van der Waals surface area contributed by atoms with Crippen molar-refractivity contribution in [2.24, 2.45) is 16.3 Å². The number of benzene rings is 2. The summed E-state index contributed by atoms with van der Waals surface area (Å²) >= 11 is 6.41. The second-order valence-electron chi connectivity index (χ2n) is 8.07. The minimum absolute atomic E-state index is 0.189. The standard InChI is InChI=1S/C25H24ClNO4/c1-5-17-14-24(22(28)30-3,23(29)31-4)21(16-9-7-6-8-10-16)25(17)15(2)27-20-12-11-18(26)13-19(20)25/h5-13,17,21H,1,14H2,2-4H3/t17-,21+,25+/m0/s1. The largest absolute Gasteiger partial charge is 0.468 e. The maximum atomic E-state index is 13.4. The van der Waals surface area contributed by atoms with Crippen LogP contribution in [0.1, 0.15) is 30.4 Å². The Bertz CT molecular complexity index is 1080. The first-order valence-corrected chi connectivity index (χ1v) is 10.5. The molecule has 1 spiro atoms. The third kappa shape index (κ3) is 2.72. The number of allylic oxidation sites excluding steroid dienone is 1. The molecule has 0 bridgehead atoms.